The number of nitriles is 1. The molecule has 0 N–H and O–H groups in total. The summed E-state index contributed by atoms with van der Waals surface area (Å²) in [5, 5.41) is 9.22. The fourth-order valence-electron chi connectivity index (χ4n) is 1.77. The predicted octanol–water partition coefficient (Wildman–Crippen LogP) is 3.08. The molecule has 1 rings (SSSR count). The SMILES string of the molecule is Cc1cc(C(C)(C)C#N)cc(C(C)(C)S(C)(=O)=O)c1. The Labute approximate surface area is 116 Å². The highest BCUT2D eigenvalue weighted by Gasteiger charge is 2.33. The largest absolute Gasteiger partial charge is 0.228 e. The van der Waals surface area contributed by atoms with Crippen molar-refractivity contribution in [1.29, 1.82) is 5.26 Å². The summed E-state index contributed by atoms with van der Waals surface area (Å²) in [6.07, 6.45) is 1.24. The van der Waals surface area contributed by atoms with E-state index in [0.29, 0.717) is 0 Å². The minimum Gasteiger partial charge on any atom is -0.228 e. The molecule has 0 aliphatic rings. The summed E-state index contributed by atoms with van der Waals surface area (Å²) in [4.78, 5) is 0. The van der Waals surface area contributed by atoms with Crippen LogP contribution in [0.3, 0.4) is 0 Å². The van der Waals surface area contributed by atoms with Crippen LogP contribution >= 0.6 is 0 Å². The minimum absolute atomic E-state index is 0.631. The standard InChI is InChI=1S/C15H21NO2S/c1-11-7-12(14(2,3)10-16)9-13(8-11)15(4,5)19(6,17)18/h7-9H,1-6H3. The first-order valence-corrected chi connectivity index (χ1v) is 8.04. The van der Waals surface area contributed by atoms with Gasteiger partial charge in [-0.1, -0.05) is 23.8 Å². The average Bonchev–Trinajstić information content (AvgIpc) is 2.26. The molecule has 4 heteroatoms. The van der Waals surface area contributed by atoms with Crippen LogP contribution in [0.15, 0.2) is 18.2 Å². The van der Waals surface area contributed by atoms with Crippen molar-refractivity contribution in [3.8, 4) is 6.07 Å². The third-order valence-electron chi connectivity index (χ3n) is 3.70. The molecule has 0 aliphatic heterocycles. The van der Waals surface area contributed by atoms with Gasteiger partial charge in [0.05, 0.1) is 16.2 Å². The molecule has 104 valence electrons. The molecule has 0 unspecified atom stereocenters. The Kier molecular flexibility index (Phi) is 3.84. The van der Waals surface area contributed by atoms with Crippen LogP contribution in [-0.2, 0) is 20.0 Å². The maximum absolute atomic E-state index is 11.9. The summed E-state index contributed by atoms with van der Waals surface area (Å²) in [5.74, 6) is 0. The fourth-order valence-corrected chi connectivity index (χ4v) is 2.32. The average molecular weight is 279 g/mol. The molecular weight excluding hydrogens is 258 g/mol. The van der Waals surface area contributed by atoms with Crippen LogP contribution in [-0.4, -0.2) is 14.7 Å². The van der Waals surface area contributed by atoms with Gasteiger partial charge < -0.3 is 0 Å². The number of sulfone groups is 1. The Bertz CT molecular complexity index is 635. The topological polar surface area (TPSA) is 57.9 Å². The van der Waals surface area contributed by atoms with Crippen molar-refractivity contribution >= 4 is 9.84 Å². The van der Waals surface area contributed by atoms with Crippen LogP contribution in [0.2, 0.25) is 0 Å². The third-order valence-corrected chi connectivity index (χ3v) is 5.79. The maximum atomic E-state index is 11.9. The van der Waals surface area contributed by atoms with E-state index in [0.717, 1.165) is 16.7 Å². The summed E-state index contributed by atoms with van der Waals surface area (Å²) in [7, 11) is -3.22. The first kappa shape index (κ1) is 15.7. The lowest BCUT2D eigenvalue weighted by Gasteiger charge is -2.26. The summed E-state index contributed by atoms with van der Waals surface area (Å²) < 4.78 is 22.9. The third kappa shape index (κ3) is 2.98. The van der Waals surface area contributed by atoms with Crippen molar-refractivity contribution in [3.63, 3.8) is 0 Å². The lowest BCUT2D eigenvalue weighted by molar-refractivity contribution is 0.560. The molecular formula is C15H21NO2S. The molecule has 0 radical (unpaired) electrons. The quantitative estimate of drug-likeness (QED) is 0.854. The monoisotopic (exact) mass is 279 g/mol. The minimum atomic E-state index is -3.22. The molecule has 0 amide bonds. The van der Waals surface area contributed by atoms with Crippen LogP contribution in [0, 0.1) is 18.3 Å². The van der Waals surface area contributed by atoms with Crippen molar-refractivity contribution in [2.45, 2.75) is 44.8 Å². The van der Waals surface area contributed by atoms with Crippen LogP contribution < -0.4 is 0 Å². The van der Waals surface area contributed by atoms with E-state index < -0.39 is 20.0 Å². The number of aryl methyl sites for hydroxylation is 1. The van der Waals surface area contributed by atoms with Crippen molar-refractivity contribution in [2.24, 2.45) is 0 Å². The van der Waals surface area contributed by atoms with Gasteiger partial charge in [-0.3, -0.25) is 0 Å². The molecule has 0 aromatic heterocycles. The van der Waals surface area contributed by atoms with Gasteiger partial charge in [0.1, 0.15) is 0 Å². The van der Waals surface area contributed by atoms with Crippen molar-refractivity contribution < 1.29 is 8.42 Å². The Morgan fingerprint density at radius 2 is 1.53 bits per heavy atom. The first-order chi connectivity index (χ1) is 8.41. The van der Waals surface area contributed by atoms with E-state index >= 15 is 0 Å². The highest BCUT2D eigenvalue weighted by molar-refractivity contribution is 7.91. The summed E-state index contributed by atoms with van der Waals surface area (Å²) in [6.45, 7) is 8.97. The second kappa shape index (κ2) is 4.64. The van der Waals surface area contributed by atoms with E-state index in [1.165, 1.54) is 6.26 Å². The Balaban J connectivity index is 3.55. The van der Waals surface area contributed by atoms with Gasteiger partial charge in [-0.2, -0.15) is 5.26 Å². The van der Waals surface area contributed by atoms with Crippen LogP contribution in [0.25, 0.3) is 0 Å². The van der Waals surface area contributed by atoms with Crippen LogP contribution in [0.1, 0.15) is 44.4 Å². The highest BCUT2D eigenvalue weighted by atomic mass is 32.2. The Morgan fingerprint density at radius 1 is 1.05 bits per heavy atom. The van der Waals surface area contributed by atoms with Gasteiger partial charge in [-0.15, -0.1) is 0 Å². The lowest BCUT2D eigenvalue weighted by Crippen LogP contribution is -2.29. The van der Waals surface area contributed by atoms with Gasteiger partial charge >= 0.3 is 0 Å². The van der Waals surface area contributed by atoms with Gasteiger partial charge in [0.2, 0.25) is 0 Å². The normalized spacial score (nSPS) is 13.1. The van der Waals surface area contributed by atoms with Crippen molar-refractivity contribution in [3.05, 3.63) is 34.9 Å². The molecule has 0 saturated carbocycles. The number of benzene rings is 1. The van der Waals surface area contributed by atoms with Crippen LogP contribution in [0.4, 0.5) is 0 Å². The van der Waals surface area contributed by atoms with Crippen LogP contribution in [0.5, 0.6) is 0 Å². The number of nitrogens with zero attached hydrogens (tertiary/aromatic N) is 1. The lowest BCUT2D eigenvalue weighted by atomic mass is 9.83. The molecule has 0 saturated heterocycles. The van der Waals surface area contributed by atoms with Crippen molar-refractivity contribution in [2.75, 3.05) is 6.26 Å². The molecule has 0 aliphatic carbocycles. The first-order valence-electron chi connectivity index (χ1n) is 6.15. The summed E-state index contributed by atoms with van der Waals surface area (Å²) >= 11 is 0. The summed E-state index contributed by atoms with van der Waals surface area (Å²) in [6, 6.07) is 7.89. The van der Waals surface area contributed by atoms with E-state index in [2.05, 4.69) is 6.07 Å². The molecule has 0 fully saturated rings. The van der Waals surface area contributed by atoms with E-state index in [1.54, 1.807) is 13.8 Å². The highest BCUT2D eigenvalue weighted by Crippen LogP contribution is 2.33. The fraction of sp³-hybridized carbons (Fsp3) is 0.533. The van der Waals surface area contributed by atoms with Crippen molar-refractivity contribution in [1.82, 2.24) is 0 Å². The van der Waals surface area contributed by atoms with E-state index in [1.807, 2.05) is 39.0 Å². The summed E-state index contributed by atoms with van der Waals surface area (Å²) in [5.41, 5.74) is 1.91. The second-order valence-electron chi connectivity index (χ2n) is 6.11. The zero-order valence-electron chi connectivity index (χ0n) is 12.4. The zero-order valence-corrected chi connectivity index (χ0v) is 13.2. The molecule has 0 heterocycles. The number of hydrogen-bond acceptors (Lipinski definition) is 3. The Hall–Kier alpha value is -1.34. The maximum Gasteiger partial charge on any atom is 0.156 e. The van der Waals surface area contributed by atoms with E-state index in [-0.39, 0.29) is 0 Å². The second-order valence-corrected chi connectivity index (χ2v) is 8.67. The molecule has 1 aromatic rings. The Morgan fingerprint density at radius 3 is 1.95 bits per heavy atom. The van der Waals surface area contributed by atoms with Gasteiger partial charge in [0.25, 0.3) is 0 Å². The predicted molar refractivity (Wildman–Crippen MR) is 77.7 cm³/mol. The van der Waals surface area contributed by atoms with Gasteiger partial charge in [-0.05, 0) is 45.7 Å². The van der Waals surface area contributed by atoms with E-state index in [4.69, 9.17) is 0 Å². The molecule has 0 bridgehead atoms. The molecule has 1 aromatic carbocycles. The van der Waals surface area contributed by atoms with Gasteiger partial charge in [-0.25, -0.2) is 8.42 Å². The smallest absolute Gasteiger partial charge is 0.156 e. The molecule has 19 heavy (non-hydrogen) atoms. The van der Waals surface area contributed by atoms with E-state index in [9.17, 15) is 13.7 Å². The number of rotatable bonds is 3. The molecule has 3 nitrogen and oxygen atoms in total. The number of hydrogen-bond donors (Lipinski definition) is 0. The van der Waals surface area contributed by atoms with Gasteiger partial charge in [0, 0.05) is 6.26 Å². The zero-order chi connectivity index (χ0) is 15.1. The van der Waals surface area contributed by atoms with Gasteiger partial charge in [0.15, 0.2) is 9.84 Å². The molecule has 0 spiro atoms. The molecule has 0 atom stereocenters.